The molecule has 2 rings (SSSR count). The van der Waals surface area contributed by atoms with E-state index < -0.39 is 0 Å². The maximum Gasteiger partial charge on any atom is 0.208 e. The van der Waals surface area contributed by atoms with Gasteiger partial charge in [-0.05, 0) is 30.4 Å². The van der Waals surface area contributed by atoms with Crippen molar-refractivity contribution in [1.82, 2.24) is 10.3 Å². The van der Waals surface area contributed by atoms with Crippen LogP contribution in [0.5, 0.6) is 0 Å². The summed E-state index contributed by atoms with van der Waals surface area (Å²) >= 11 is 0. The first-order valence-electron chi connectivity index (χ1n) is 7.18. The van der Waals surface area contributed by atoms with E-state index in [0.29, 0.717) is 0 Å². The van der Waals surface area contributed by atoms with Crippen LogP contribution in [-0.2, 0) is 13.0 Å². The van der Waals surface area contributed by atoms with Crippen LogP contribution in [0.2, 0.25) is 0 Å². The number of nitrogens with zero attached hydrogens (tertiary/aromatic N) is 2. The minimum absolute atomic E-state index is 0.824. The normalized spacial score (nSPS) is 15.9. The van der Waals surface area contributed by atoms with Crippen LogP contribution in [0, 0.1) is 0 Å². The molecule has 0 aliphatic carbocycles. The Morgan fingerprint density at radius 3 is 2.89 bits per heavy atom. The number of aliphatic imine (C=N–C) groups is 1. The van der Waals surface area contributed by atoms with Gasteiger partial charge in [0.15, 0.2) is 0 Å². The number of guanidine groups is 1. The van der Waals surface area contributed by atoms with E-state index in [1.165, 1.54) is 11.1 Å². The van der Waals surface area contributed by atoms with Gasteiger partial charge < -0.3 is 4.90 Å². The lowest BCUT2D eigenvalue weighted by atomic mass is 10.0. The van der Waals surface area contributed by atoms with Gasteiger partial charge in [0.2, 0.25) is 5.96 Å². The van der Waals surface area contributed by atoms with Crippen LogP contribution in [0.3, 0.4) is 0 Å². The smallest absolute Gasteiger partial charge is 0.208 e. The molecule has 0 saturated carbocycles. The van der Waals surface area contributed by atoms with Crippen LogP contribution in [0.15, 0.2) is 29.3 Å². The van der Waals surface area contributed by atoms with Crippen molar-refractivity contribution in [3.05, 3.63) is 35.4 Å². The predicted molar refractivity (Wildman–Crippen MR) is 79.7 cm³/mol. The molecule has 0 saturated heterocycles. The van der Waals surface area contributed by atoms with Gasteiger partial charge in [0, 0.05) is 19.6 Å². The molecule has 4 nitrogen and oxygen atoms in total. The van der Waals surface area contributed by atoms with E-state index in [1.807, 2.05) is 0 Å². The third kappa shape index (κ3) is 3.70. The van der Waals surface area contributed by atoms with Crippen molar-refractivity contribution >= 4 is 5.96 Å². The van der Waals surface area contributed by atoms with E-state index in [9.17, 15) is 0 Å². The van der Waals surface area contributed by atoms with Crippen LogP contribution in [0.1, 0.15) is 37.3 Å². The first-order chi connectivity index (χ1) is 9.35. The summed E-state index contributed by atoms with van der Waals surface area (Å²) in [6.07, 6.45) is 4.55. The van der Waals surface area contributed by atoms with Crippen LogP contribution in [0.25, 0.3) is 0 Å². The summed E-state index contributed by atoms with van der Waals surface area (Å²) in [5.74, 6) is 6.46. The minimum atomic E-state index is 0.824. The molecule has 0 fully saturated rings. The lowest BCUT2D eigenvalue weighted by molar-refractivity contribution is 0.400. The molecule has 1 aromatic rings. The van der Waals surface area contributed by atoms with Gasteiger partial charge in [0.25, 0.3) is 0 Å². The summed E-state index contributed by atoms with van der Waals surface area (Å²) < 4.78 is 0. The van der Waals surface area contributed by atoms with Crippen molar-refractivity contribution in [2.75, 3.05) is 13.1 Å². The maximum atomic E-state index is 5.63. The minimum Gasteiger partial charge on any atom is -0.338 e. The highest BCUT2D eigenvalue weighted by atomic mass is 15.4. The van der Waals surface area contributed by atoms with Crippen LogP contribution < -0.4 is 11.3 Å². The zero-order valence-corrected chi connectivity index (χ0v) is 11.7. The van der Waals surface area contributed by atoms with Gasteiger partial charge in [-0.25, -0.2) is 5.84 Å². The Labute approximate surface area is 115 Å². The molecule has 0 amide bonds. The Morgan fingerprint density at radius 1 is 1.37 bits per heavy atom. The molecule has 1 heterocycles. The monoisotopic (exact) mass is 260 g/mol. The Bertz CT molecular complexity index is 428. The van der Waals surface area contributed by atoms with Gasteiger partial charge in [-0.3, -0.25) is 10.4 Å². The fourth-order valence-electron chi connectivity index (χ4n) is 2.46. The van der Waals surface area contributed by atoms with E-state index in [1.54, 1.807) is 0 Å². The third-order valence-electron chi connectivity index (χ3n) is 3.56. The van der Waals surface area contributed by atoms with E-state index in [0.717, 1.165) is 51.3 Å². The van der Waals surface area contributed by atoms with Crippen LogP contribution in [-0.4, -0.2) is 23.9 Å². The number of unbranched alkanes of at least 4 members (excludes halogenated alkanes) is 1. The van der Waals surface area contributed by atoms with Gasteiger partial charge in [-0.2, -0.15) is 0 Å². The van der Waals surface area contributed by atoms with E-state index in [2.05, 4.69) is 46.5 Å². The highest BCUT2D eigenvalue weighted by molar-refractivity contribution is 5.79. The van der Waals surface area contributed by atoms with Crippen molar-refractivity contribution in [2.45, 2.75) is 39.2 Å². The second-order valence-corrected chi connectivity index (χ2v) is 5.00. The fourth-order valence-corrected chi connectivity index (χ4v) is 2.46. The van der Waals surface area contributed by atoms with Gasteiger partial charge in [0.1, 0.15) is 0 Å². The predicted octanol–water partition coefficient (Wildman–Crippen LogP) is 2.05. The molecule has 1 aromatic carbocycles. The molecule has 1 aliphatic rings. The van der Waals surface area contributed by atoms with Crippen molar-refractivity contribution < 1.29 is 0 Å². The van der Waals surface area contributed by atoms with Crippen LogP contribution >= 0.6 is 0 Å². The molecule has 0 aromatic heterocycles. The molecular formula is C15H24N4. The summed E-state index contributed by atoms with van der Waals surface area (Å²) in [5.41, 5.74) is 5.61. The van der Waals surface area contributed by atoms with E-state index >= 15 is 0 Å². The van der Waals surface area contributed by atoms with E-state index in [4.69, 9.17) is 5.84 Å². The maximum absolute atomic E-state index is 5.63. The molecule has 4 heteroatoms. The van der Waals surface area contributed by atoms with Gasteiger partial charge in [0.05, 0.1) is 0 Å². The molecule has 0 bridgehead atoms. The second kappa shape index (κ2) is 7.14. The highest BCUT2D eigenvalue weighted by Gasteiger charge is 2.16. The molecule has 0 unspecified atom stereocenters. The largest absolute Gasteiger partial charge is 0.338 e. The number of hydrazine groups is 1. The van der Waals surface area contributed by atoms with Crippen molar-refractivity contribution in [1.29, 1.82) is 0 Å². The number of hydrogen-bond donors (Lipinski definition) is 2. The SMILES string of the molecule is CCCCN=C(NN)N1CCCc2ccccc2C1. The average Bonchev–Trinajstić information content (AvgIpc) is 2.66. The highest BCUT2D eigenvalue weighted by Crippen LogP contribution is 2.18. The summed E-state index contributed by atoms with van der Waals surface area (Å²) in [4.78, 5) is 6.83. The number of rotatable bonds is 3. The first kappa shape index (κ1) is 13.9. The molecule has 104 valence electrons. The molecule has 19 heavy (non-hydrogen) atoms. The second-order valence-electron chi connectivity index (χ2n) is 5.00. The first-order valence-corrected chi connectivity index (χ1v) is 7.18. The quantitative estimate of drug-likeness (QED) is 0.287. The lowest BCUT2D eigenvalue weighted by Crippen LogP contribution is -2.44. The Balaban J connectivity index is 2.10. The van der Waals surface area contributed by atoms with E-state index in [-0.39, 0.29) is 0 Å². The lowest BCUT2D eigenvalue weighted by Gasteiger charge is -2.24. The molecule has 0 spiro atoms. The van der Waals surface area contributed by atoms with Gasteiger partial charge in [-0.1, -0.05) is 37.6 Å². The molecule has 3 N–H and O–H groups in total. The number of aryl methyl sites for hydroxylation is 1. The Morgan fingerprint density at radius 2 is 2.16 bits per heavy atom. The number of nitrogens with one attached hydrogen (secondary N) is 1. The van der Waals surface area contributed by atoms with Crippen molar-refractivity contribution in [3.63, 3.8) is 0 Å². The molecular weight excluding hydrogens is 236 g/mol. The summed E-state index contributed by atoms with van der Waals surface area (Å²) in [5, 5.41) is 0. The van der Waals surface area contributed by atoms with Crippen molar-refractivity contribution in [3.8, 4) is 0 Å². The summed E-state index contributed by atoms with van der Waals surface area (Å²) in [6, 6.07) is 8.65. The Kier molecular flexibility index (Phi) is 5.21. The number of nitrogens with two attached hydrogens (primary N) is 1. The number of hydrogen-bond acceptors (Lipinski definition) is 2. The third-order valence-corrected chi connectivity index (χ3v) is 3.56. The molecule has 0 radical (unpaired) electrons. The zero-order valence-electron chi connectivity index (χ0n) is 11.7. The fraction of sp³-hybridized carbons (Fsp3) is 0.533. The number of fused-ring (bicyclic) bond motifs is 1. The summed E-state index contributed by atoms with van der Waals surface area (Å²) in [6.45, 7) is 4.91. The van der Waals surface area contributed by atoms with Crippen LogP contribution in [0.4, 0.5) is 0 Å². The van der Waals surface area contributed by atoms with Gasteiger partial charge >= 0.3 is 0 Å². The summed E-state index contributed by atoms with van der Waals surface area (Å²) in [7, 11) is 0. The number of benzene rings is 1. The van der Waals surface area contributed by atoms with Gasteiger partial charge in [-0.15, -0.1) is 0 Å². The molecule has 0 atom stereocenters. The topological polar surface area (TPSA) is 53.6 Å². The standard InChI is InChI=1S/C15H24N4/c1-2-3-10-17-15(18-16)19-11-6-9-13-7-4-5-8-14(13)12-19/h4-5,7-8H,2-3,6,9-12,16H2,1H3,(H,17,18). The Hall–Kier alpha value is -1.55. The molecule has 1 aliphatic heterocycles. The zero-order chi connectivity index (χ0) is 13.5. The average molecular weight is 260 g/mol. The van der Waals surface area contributed by atoms with Crippen molar-refractivity contribution in [2.24, 2.45) is 10.8 Å².